The van der Waals surface area contributed by atoms with E-state index >= 15 is 0 Å². The highest BCUT2D eigenvalue weighted by molar-refractivity contribution is 5.97. The second kappa shape index (κ2) is 7.08. The molecule has 1 aliphatic rings. The van der Waals surface area contributed by atoms with E-state index in [1.54, 1.807) is 13.2 Å². The molecule has 0 fully saturated rings. The number of methoxy groups -OCH3 is 2. The first-order valence-corrected chi connectivity index (χ1v) is 8.16. The van der Waals surface area contributed by atoms with Crippen LogP contribution < -0.4 is 4.74 Å². The predicted octanol–water partition coefficient (Wildman–Crippen LogP) is 4.89. The number of ether oxygens (including phenoxy) is 2. The highest BCUT2D eigenvalue weighted by Gasteiger charge is 2.50. The fourth-order valence-electron chi connectivity index (χ4n) is 3.65. The van der Waals surface area contributed by atoms with Crippen LogP contribution in [0.1, 0.15) is 37.8 Å². The molecule has 0 amide bonds. The monoisotopic (exact) mass is 326 g/mol. The Labute approximate surface area is 144 Å². The van der Waals surface area contributed by atoms with Gasteiger partial charge in [0, 0.05) is 0 Å². The van der Waals surface area contributed by atoms with E-state index < -0.39 is 5.41 Å². The summed E-state index contributed by atoms with van der Waals surface area (Å²) >= 11 is 0. The molecule has 2 atom stereocenters. The molecule has 3 nitrogen and oxygen atoms in total. The summed E-state index contributed by atoms with van der Waals surface area (Å²) in [5.41, 5.74) is 3.23. The van der Waals surface area contributed by atoms with Gasteiger partial charge >= 0.3 is 5.97 Å². The lowest BCUT2D eigenvalue weighted by Gasteiger charge is -2.34. The highest BCUT2D eigenvalue weighted by atomic mass is 16.5. The van der Waals surface area contributed by atoms with E-state index in [9.17, 15) is 4.79 Å². The van der Waals surface area contributed by atoms with Gasteiger partial charge in [0.25, 0.3) is 0 Å². The molecule has 0 radical (unpaired) electrons. The van der Waals surface area contributed by atoms with Crippen LogP contribution in [0.15, 0.2) is 43.5 Å². The molecule has 0 saturated carbocycles. The fraction of sp³-hybridized carbons (Fsp3) is 0.381. The molecule has 2 rings (SSSR count). The van der Waals surface area contributed by atoms with Gasteiger partial charge < -0.3 is 9.47 Å². The van der Waals surface area contributed by atoms with Crippen LogP contribution >= 0.6 is 0 Å². The highest BCUT2D eigenvalue weighted by Crippen LogP contribution is 2.53. The zero-order valence-corrected chi connectivity index (χ0v) is 15.0. The molecule has 0 saturated heterocycles. The maximum Gasteiger partial charge on any atom is 0.316 e. The number of hydrogen-bond donors (Lipinski definition) is 0. The van der Waals surface area contributed by atoms with E-state index in [2.05, 4.69) is 26.2 Å². The Kier molecular flexibility index (Phi) is 5.33. The summed E-state index contributed by atoms with van der Waals surface area (Å²) in [6.07, 6.45) is 5.31. The van der Waals surface area contributed by atoms with Gasteiger partial charge in [0.15, 0.2) is 0 Å². The van der Waals surface area contributed by atoms with E-state index in [1.165, 1.54) is 7.11 Å². The summed E-state index contributed by atoms with van der Waals surface area (Å²) in [6.45, 7) is 12.0. The smallest absolute Gasteiger partial charge is 0.316 e. The van der Waals surface area contributed by atoms with Gasteiger partial charge in [0.1, 0.15) is 5.75 Å². The summed E-state index contributed by atoms with van der Waals surface area (Å²) in [5, 5.41) is 0. The number of carbonyl (C=O) groups is 1. The summed E-state index contributed by atoms with van der Waals surface area (Å²) < 4.78 is 10.6. The zero-order chi connectivity index (χ0) is 17.9. The molecule has 1 aliphatic carbocycles. The van der Waals surface area contributed by atoms with Gasteiger partial charge in [-0.15, -0.1) is 6.58 Å². The normalized spacial score (nSPS) is 22.7. The van der Waals surface area contributed by atoms with Crippen molar-refractivity contribution in [3.63, 3.8) is 0 Å². The van der Waals surface area contributed by atoms with E-state index in [0.717, 1.165) is 34.4 Å². The Bertz CT molecular complexity index is 699. The fourth-order valence-corrected chi connectivity index (χ4v) is 3.65. The van der Waals surface area contributed by atoms with Crippen molar-refractivity contribution in [1.82, 2.24) is 0 Å². The number of allylic oxidation sites excluding steroid dienone is 3. The summed E-state index contributed by atoms with van der Waals surface area (Å²) in [4.78, 5) is 12.8. The average molecular weight is 326 g/mol. The second-order valence-corrected chi connectivity index (χ2v) is 6.40. The van der Waals surface area contributed by atoms with Crippen LogP contribution in [0.4, 0.5) is 0 Å². The minimum atomic E-state index is -0.715. The van der Waals surface area contributed by atoms with Crippen molar-refractivity contribution < 1.29 is 14.3 Å². The van der Waals surface area contributed by atoms with Crippen LogP contribution in [-0.2, 0) is 9.53 Å². The standard InChI is InChI=1S/C21H26O3/c1-7-12-21(20(22)24-6)15(4)8-11-19(21)18-13-16(23-5)9-10-17(18)14(2)3/h7,9-11,13,15H,1-2,8,12H2,3-6H3/t15-,21-/m1/s1. The first-order valence-electron chi connectivity index (χ1n) is 8.16. The van der Waals surface area contributed by atoms with Crippen LogP contribution in [0.3, 0.4) is 0 Å². The second-order valence-electron chi connectivity index (χ2n) is 6.40. The van der Waals surface area contributed by atoms with Gasteiger partial charge in [-0.05, 0) is 54.5 Å². The zero-order valence-electron chi connectivity index (χ0n) is 15.0. The topological polar surface area (TPSA) is 35.5 Å². The number of carbonyl (C=O) groups excluding carboxylic acids is 1. The summed E-state index contributed by atoms with van der Waals surface area (Å²) in [6, 6.07) is 5.89. The quantitative estimate of drug-likeness (QED) is 0.552. The van der Waals surface area contributed by atoms with Crippen LogP contribution in [0.2, 0.25) is 0 Å². The molecule has 24 heavy (non-hydrogen) atoms. The lowest BCUT2D eigenvalue weighted by atomic mass is 9.69. The number of hydrogen-bond acceptors (Lipinski definition) is 3. The number of esters is 1. The van der Waals surface area contributed by atoms with Crippen molar-refractivity contribution in [3.8, 4) is 5.75 Å². The Balaban J connectivity index is 2.71. The van der Waals surface area contributed by atoms with Crippen molar-refractivity contribution in [2.75, 3.05) is 14.2 Å². The molecule has 1 aromatic rings. The lowest BCUT2D eigenvalue weighted by Crippen LogP contribution is -2.36. The molecule has 1 aromatic carbocycles. The van der Waals surface area contributed by atoms with Crippen LogP contribution in [0.5, 0.6) is 5.75 Å². The maximum atomic E-state index is 12.8. The molecule has 3 heteroatoms. The summed E-state index contributed by atoms with van der Waals surface area (Å²) in [7, 11) is 3.09. The molecule has 0 spiro atoms. The Hall–Kier alpha value is -2.29. The molecule has 0 heterocycles. The van der Waals surface area contributed by atoms with Gasteiger partial charge in [0.05, 0.1) is 19.6 Å². The molecule has 0 unspecified atom stereocenters. The number of rotatable bonds is 6. The van der Waals surface area contributed by atoms with Crippen molar-refractivity contribution in [3.05, 3.63) is 54.6 Å². The minimum absolute atomic E-state index is 0.141. The van der Waals surface area contributed by atoms with Crippen LogP contribution in [-0.4, -0.2) is 20.2 Å². The molecular weight excluding hydrogens is 300 g/mol. The Morgan fingerprint density at radius 1 is 1.42 bits per heavy atom. The number of benzene rings is 1. The van der Waals surface area contributed by atoms with E-state index in [1.807, 2.05) is 25.1 Å². The van der Waals surface area contributed by atoms with E-state index in [0.29, 0.717) is 6.42 Å². The van der Waals surface area contributed by atoms with Crippen LogP contribution in [0, 0.1) is 11.3 Å². The molecular formula is C21H26O3. The molecule has 0 aliphatic heterocycles. The first kappa shape index (κ1) is 18.1. The Morgan fingerprint density at radius 3 is 2.67 bits per heavy atom. The SMILES string of the molecule is C=CC[C@]1(C(=O)OC)C(c2cc(OC)ccc2C(=C)C)=CC[C@H]1C. The van der Waals surface area contributed by atoms with Crippen molar-refractivity contribution in [2.45, 2.75) is 26.7 Å². The largest absolute Gasteiger partial charge is 0.497 e. The van der Waals surface area contributed by atoms with E-state index in [4.69, 9.17) is 9.47 Å². The van der Waals surface area contributed by atoms with Gasteiger partial charge in [-0.2, -0.15) is 0 Å². The minimum Gasteiger partial charge on any atom is -0.497 e. The molecule has 128 valence electrons. The van der Waals surface area contributed by atoms with Gasteiger partial charge in [-0.1, -0.05) is 37.3 Å². The third-order valence-electron chi connectivity index (χ3n) is 4.99. The predicted molar refractivity (Wildman–Crippen MR) is 98.7 cm³/mol. The van der Waals surface area contributed by atoms with Crippen molar-refractivity contribution >= 4 is 17.1 Å². The maximum absolute atomic E-state index is 12.8. The van der Waals surface area contributed by atoms with Crippen molar-refractivity contribution in [1.29, 1.82) is 0 Å². The molecule has 0 aromatic heterocycles. The third kappa shape index (κ3) is 2.79. The van der Waals surface area contributed by atoms with Gasteiger partial charge in [-0.3, -0.25) is 4.79 Å². The van der Waals surface area contributed by atoms with E-state index in [-0.39, 0.29) is 11.9 Å². The average Bonchev–Trinajstić information content (AvgIpc) is 2.91. The summed E-state index contributed by atoms with van der Waals surface area (Å²) in [5.74, 6) is 0.684. The van der Waals surface area contributed by atoms with Crippen molar-refractivity contribution in [2.24, 2.45) is 11.3 Å². The first-order chi connectivity index (χ1) is 11.4. The molecule has 0 N–H and O–H groups in total. The third-order valence-corrected chi connectivity index (χ3v) is 4.99. The van der Waals surface area contributed by atoms with Crippen LogP contribution in [0.25, 0.3) is 11.1 Å². The Morgan fingerprint density at radius 2 is 2.12 bits per heavy atom. The van der Waals surface area contributed by atoms with Gasteiger partial charge in [0.2, 0.25) is 0 Å². The lowest BCUT2D eigenvalue weighted by molar-refractivity contribution is -0.151. The molecule has 0 bridgehead atoms. The van der Waals surface area contributed by atoms with Gasteiger partial charge in [-0.25, -0.2) is 0 Å².